The van der Waals surface area contributed by atoms with E-state index >= 15 is 0 Å². The summed E-state index contributed by atoms with van der Waals surface area (Å²) in [5.74, 6) is -0.407. The number of nitrogens with one attached hydrogen (secondary N) is 1. The van der Waals surface area contributed by atoms with Crippen LogP contribution in [0, 0.1) is 5.82 Å². The van der Waals surface area contributed by atoms with Crippen molar-refractivity contribution in [3.05, 3.63) is 95.8 Å². The minimum Gasteiger partial charge on any atom is -0.456 e. The van der Waals surface area contributed by atoms with Gasteiger partial charge in [-0.1, -0.05) is 72.8 Å². The smallest absolute Gasteiger partial charge is 0.299 e. The van der Waals surface area contributed by atoms with Crippen molar-refractivity contribution in [3.8, 4) is 11.1 Å². The van der Waals surface area contributed by atoms with Crippen LogP contribution in [0.25, 0.3) is 11.1 Å². The summed E-state index contributed by atoms with van der Waals surface area (Å²) in [5.41, 5.74) is 1.84. The van der Waals surface area contributed by atoms with Crippen LogP contribution in [-0.4, -0.2) is 20.0 Å². The molecular formula is C26H27FN2O3S. The van der Waals surface area contributed by atoms with Gasteiger partial charge < -0.3 is 4.74 Å². The van der Waals surface area contributed by atoms with Crippen molar-refractivity contribution in [2.24, 2.45) is 4.99 Å². The summed E-state index contributed by atoms with van der Waals surface area (Å²) in [5, 5.41) is 0. The highest BCUT2D eigenvalue weighted by molar-refractivity contribution is 7.91. The van der Waals surface area contributed by atoms with Crippen molar-refractivity contribution in [3.63, 3.8) is 0 Å². The molecule has 5 nitrogen and oxygen atoms in total. The molecule has 1 aliphatic rings. The van der Waals surface area contributed by atoms with E-state index in [-0.39, 0.29) is 6.02 Å². The molecule has 0 bridgehead atoms. The number of hydrogen-bond donors (Lipinski definition) is 1. The van der Waals surface area contributed by atoms with E-state index in [9.17, 15) is 12.8 Å². The van der Waals surface area contributed by atoms with E-state index in [0.29, 0.717) is 11.1 Å². The van der Waals surface area contributed by atoms with Gasteiger partial charge in [-0.2, -0.15) is 0 Å². The largest absolute Gasteiger partial charge is 0.456 e. The minimum absolute atomic E-state index is 0.144. The number of nitrogens with zero attached hydrogens (tertiary/aromatic N) is 1. The van der Waals surface area contributed by atoms with Crippen LogP contribution in [0.2, 0.25) is 0 Å². The van der Waals surface area contributed by atoms with E-state index in [0.717, 1.165) is 11.1 Å². The predicted molar refractivity (Wildman–Crippen MR) is 129 cm³/mol. The van der Waals surface area contributed by atoms with E-state index in [1.165, 1.54) is 6.07 Å². The van der Waals surface area contributed by atoms with E-state index in [2.05, 4.69) is 9.71 Å². The molecule has 2 atom stereocenters. The van der Waals surface area contributed by atoms with Crippen LogP contribution >= 0.6 is 0 Å². The first-order valence-electron chi connectivity index (χ1n) is 10.7. The summed E-state index contributed by atoms with van der Waals surface area (Å²) in [7, 11) is -3.95. The quantitative estimate of drug-likeness (QED) is 0.548. The van der Waals surface area contributed by atoms with Crippen LogP contribution in [0.15, 0.2) is 83.9 Å². The third-order valence-corrected chi connectivity index (χ3v) is 8.71. The number of ether oxygens (including phenoxy) is 1. The number of hydrogen-bond acceptors (Lipinski definition) is 4. The summed E-state index contributed by atoms with van der Waals surface area (Å²) in [6.45, 7) is 6.77. The second-order valence-electron chi connectivity index (χ2n) is 8.83. The average Bonchev–Trinajstić information content (AvgIpc) is 2.78. The Balaban J connectivity index is 1.68. The van der Waals surface area contributed by atoms with Crippen LogP contribution in [0.3, 0.4) is 0 Å². The van der Waals surface area contributed by atoms with Gasteiger partial charge in [0, 0.05) is 5.56 Å². The number of halogens is 1. The Bertz CT molecular complexity index is 1290. The topological polar surface area (TPSA) is 67.8 Å². The van der Waals surface area contributed by atoms with Gasteiger partial charge in [0.1, 0.15) is 11.4 Å². The predicted octanol–water partition coefficient (Wildman–Crippen LogP) is 5.55. The molecule has 1 N–H and O–H groups in total. The van der Waals surface area contributed by atoms with Crippen LogP contribution in [0.1, 0.15) is 44.9 Å². The lowest BCUT2D eigenvalue weighted by Crippen LogP contribution is -2.63. The van der Waals surface area contributed by atoms with Gasteiger partial charge in [-0.25, -0.2) is 22.5 Å². The minimum atomic E-state index is -3.95. The first-order chi connectivity index (χ1) is 15.5. The van der Waals surface area contributed by atoms with Gasteiger partial charge >= 0.3 is 0 Å². The highest BCUT2D eigenvalue weighted by Gasteiger charge is 2.59. The average molecular weight is 467 g/mol. The van der Waals surface area contributed by atoms with Crippen molar-refractivity contribution in [2.45, 2.75) is 44.1 Å². The van der Waals surface area contributed by atoms with Crippen molar-refractivity contribution < 1.29 is 17.5 Å². The van der Waals surface area contributed by atoms with Gasteiger partial charge in [0.15, 0.2) is 4.75 Å². The van der Waals surface area contributed by atoms with E-state index in [1.54, 1.807) is 45.9 Å². The first-order valence-corrected chi connectivity index (χ1v) is 12.2. The van der Waals surface area contributed by atoms with Crippen LogP contribution in [0.5, 0.6) is 0 Å². The molecule has 1 saturated heterocycles. The second kappa shape index (κ2) is 8.30. The Morgan fingerprint density at radius 2 is 1.45 bits per heavy atom. The number of aliphatic imine (C=N–C) groups is 1. The fraction of sp³-hybridized carbons (Fsp3) is 0.269. The molecule has 0 amide bonds. The molecule has 4 rings (SSSR count). The lowest BCUT2D eigenvalue weighted by molar-refractivity contribution is 0.0383. The van der Waals surface area contributed by atoms with Gasteiger partial charge in [0.2, 0.25) is 10.0 Å². The van der Waals surface area contributed by atoms with Gasteiger partial charge in [0.25, 0.3) is 6.02 Å². The van der Waals surface area contributed by atoms with Crippen molar-refractivity contribution >= 4 is 16.0 Å². The van der Waals surface area contributed by atoms with E-state index in [4.69, 9.17) is 4.74 Å². The number of amidine groups is 1. The zero-order valence-corrected chi connectivity index (χ0v) is 19.9. The van der Waals surface area contributed by atoms with Gasteiger partial charge in [0.05, 0.1) is 6.04 Å². The fourth-order valence-corrected chi connectivity index (χ4v) is 5.79. The highest BCUT2D eigenvalue weighted by Crippen LogP contribution is 2.45. The molecule has 3 aromatic carbocycles. The lowest BCUT2D eigenvalue weighted by atomic mass is 9.84. The molecule has 172 valence electrons. The van der Waals surface area contributed by atoms with Gasteiger partial charge in [-0.15, -0.1) is 0 Å². The molecule has 1 fully saturated rings. The monoisotopic (exact) mass is 466 g/mol. The standard InChI is InChI=1S/C26H27FN2O3S/c1-18(22-12-8-9-13-23(22)27)28-24-29-33(30,31)26(4,25(2,3)32-24)21-16-14-20(15-17-21)19-10-6-5-7-11-19/h5-18H,1-4H3,(H,28,29). The molecule has 1 heterocycles. The summed E-state index contributed by atoms with van der Waals surface area (Å²) in [6.07, 6.45) is 0. The van der Waals surface area contributed by atoms with E-state index < -0.39 is 32.2 Å². The molecule has 3 aromatic rings. The molecule has 0 aromatic heterocycles. The SMILES string of the molecule is CC(N=C1NS(=O)(=O)C(C)(c2ccc(-c3ccccc3)cc2)C(C)(C)O1)c1ccccc1F. The van der Waals surface area contributed by atoms with Crippen molar-refractivity contribution in [1.82, 2.24) is 4.72 Å². The van der Waals surface area contributed by atoms with E-state index in [1.807, 2.05) is 54.6 Å². The fourth-order valence-electron chi connectivity index (χ4n) is 4.13. The summed E-state index contributed by atoms with van der Waals surface area (Å²) in [6, 6.07) is 22.8. The zero-order chi connectivity index (χ0) is 23.9. The van der Waals surface area contributed by atoms with Crippen molar-refractivity contribution in [1.29, 1.82) is 0 Å². The molecule has 0 aliphatic carbocycles. The maximum Gasteiger partial charge on any atom is 0.299 e. The molecule has 33 heavy (non-hydrogen) atoms. The third-order valence-electron chi connectivity index (χ3n) is 6.47. The molecule has 0 saturated carbocycles. The Kier molecular flexibility index (Phi) is 5.78. The number of rotatable bonds is 4. The Morgan fingerprint density at radius 1 is 0.879 bits per heavy atom. The van der Waals surface area contributed by atoms with Crippen molar-refractivity contribution in [2.75, 3.05) is 0 Å². The van der Waals surface area contributed by atoms with Gasteiger partial charge in [-0.3, -0.25) is 0 Å². The molecule has 0 radical (unpaired) electrons. The first kappa shape index (κ1) is 23.0. The highest BCUT2D eigenvalue weighted by atomic mass is 32.2. The van der Waals surface area contributed by atoms with Crippen LogP contribution in [-0.2, 0) is 19.5 Å². The number of benzene rings is 3. The Morgan fingerprint density at radius 3 is 2.06 bits per heavy atom. The Hall–Kier alpha value is -3.19. The Labute approximate surface area is 194 Å². The normalized spacial score (nSPS) is 23.4. The van der Waals surface area contributed by atoms with Crippen LogP contribution < -0.4 is 4.72 Å². The maximum absolute atomic E-state index is 14.1. The molecule has 7 heteroatoms. The molecule has 2 unspecified atom stereocenters. The third kappa shape index (κ3) is 4.02. The number of sulfonamides is 1. The molecule has 1 aliphatic heterocycles. The zero-order valence-electron chi connectivity index (χ0n) is 19.0. The lowest BCUT2D eigenvalue weighted by Gasteiger charge is -2.47. The summed E-state index contributed by atoms with van der Waals surface area (Å²) in [4.78, 5) is 4.34. The maximum atomic E-state index is 14.1. The molecule has 0 spiro atoms. The van der Waals surface area contributed by atoms with Gasteiger partial charge in [-0.05, 0) is 50.5 Å². The summed E-state index contributed by atoms with van der Waals surface area (Å²) >= 11 is 0. The molecular weight excluding hydrogens is 439 g/mol. The second-order valence-corrected chi connectivity index (χ2v) is 10.9. The summed E-state index contributed by atoms with van der Waals surface area (Å²) < 4.78 is 48.3. The van der Waals surface area contributed by atoms with Crippen LogP contribution in [0.4, 0.5) is 4.39 Å².